The molecule has 9 heavy (non-hydrogen) atoms. The van der Waals surface area contributed by atoms with Gasteiger partial charge in [-0.1, -0.05) is 6.92 Å². The molecule has 0 saturated heterocycles. The first-order valence-electron chi connectivity index (χ1n) is 1.93. The van der Waals surface area contributed by atoms with E-state index in [1.54, 1.807) is 6.92 Å². The molecular formula is C4H6Li2O2S. The zero-order chi connectivity index (χ0) is 5.70. The molecule has 0 bridgehead atoms. The SMILES string of the molecule is CCO/C([O-])=C/[S-].[Li+].[Li+]. The van der Waals surface area contributed by atoms with Gasteiger partial charge in [-0.05, 0) is 6.61 Å². The second-order valence-electron chi connectivity index (χ2n) is 0.870. The van der Waals surface area contributed by atoms with Gasteiger partial charge in [0.15, 0.2) is 0 Å². The van der Waals surface area contributed by atoms with E-state index < -0.39 is 5.95 Å². The number of rotatable bonds is 2. The molecule has 42 valence electrons. The summed E-state index contributed by atoms with van der Waals surface area (Å²) in [6.45, 7) is 2.13. The summed E-state index contributed by atoms with van der Waals surface area (Å²) in [5, 5.41) is 11.0. The molecule has 0 aromatic heterocycles. The molecule has 0 atom stereocenters. The molecule has 0 aromatic carbocycles. The summed E-state index contributed by atoms with van der Waals surface area (Å²) in [7, 11) is 0. The maximum absolute atomic E-state index is 10.0. The Morgan fingerprint density at radius 2 is 2.11 bits per heavy atom. The van der Waals surface area contributed by atoms with Crippen molar-refractivity contribution < 1.29 is 47.6 Å². The molecule has 0 heterocycles. The quantitative estimate of drug-likeness (QED) is 0.213. The first-order chi connectivity index (χ1) is 3.31. The predicted molar refractivity (Wildman–Crippen MR) is 27.1 cm³/mol. The van der Waals surface area contributed by atoms with E-state index in [0.717, 1.165) is 5.41 Å². The van der Waals surface area contributed by atoms with Crippen molar-refractivity contribution in [3.8, 4) is 0 Å². The van der Waals surface area contributed by atoms with Gasteiger partial charge in [0.2, 0.25) is 0 Å². The zero-order valence-electron chi connectivity index (χ0n) is 6.01. The van der Waals surface area contributed by atoms with E-state index in [1.165, 1.54) is 0 Å². The fourth-order valence-electron chi connectivity index (χ4n) is 0.176. The maximum atomic E-state index is 10.0. The van der Waals surface area contributed by atoms with E-state index in [0.29, 0.717) is 6.61 Å². The molecular weight excluding hydrogens is 126 g/mol. The molecule has 0 aromatic rings. The average molecular weight is 132 g/mol. The molecule has 0 amide bonds. The fourth-order valence-corrected chi connectivity index (χ4v) is 0.244. The Kier molecular flexibility index (Phi) is 21.0. The van der Waals surface area contributed by atoms with Crippen LogP contribution >= 0.6 is 0 Å². The third-order valence-electron chi connectivity index (χ3n) is 0.383. The van der Waals surface area contributed by atoms with Gasteiger partial charge >= 0.3 is 37.7 Å². The van der Waals surface area contributed by atoms with Crippen LogP contribution in [0.3, 0.4) is 0 Å². The van der Waals surface area contributed by atoms with Gasteiger partial charge in [-0.25, -0.2) is 0 Å². The average Bonchev–Trinajstić information content (AvgIpc) is 1.68. The molecule has 5 heteroatoms. The van der Waals surface area contributed by atoms with Gasteiger partial charge in [-0.3, -0.25) is 0 Å². The Hall–Kier alpha value is 0.755. The Morgan fingerprint density at radius 3 is 2.22 bits per heavy atom. The minimum absolute atomic E-state index is 0. The molecule has 0 unspecified atom stereocenters. The Morgan fingerprint density at radius 1 is 1.67 bits per heavy atom. The summed E-state index contributed by atoms with van der Waals surface area (Å²) in [5.74, 6) is -0.433. The molecule has 0 fully saturated rings. The first-order valence-corrected chi connectivity index (χ1v) is 2.40. The molecule has 0 rings (SSSR count). The molecule has 0 saturated carbocycles. The smallest absolute Gasteiger partial charge is 0.786 e. The summed E-state index contributed by atoms with van der Waals surface area (Å²) >= 11 is 4.24. The van der Waals surface area contributed by atoms with E-state index in [9.17, 15) is 5.11 Å². The van der Waals surface area contributed by atoms with Crippen molar-refractivity contribution in [1.29, 1.82) is 0 Å². The van der Waals surface area contributed by atoms with Gasteiger partial charge in [-0.15, -0.1) is 0 Å². The molecule has 0 N–H and O–H groups in total. The Balaban J connectivity index is -0.000000180. The molecule has 0 aliphatic carbocycles. The van der Waals surface area contributed by atoms with Crippen LogP contribution in [0, 0.1) is 0 Å². The van der Waals surface area contributed by atoms with E-state index in [1.807, 2.05) is 0 Å². The predicted octanol–water partition coefficient (Wildman–Crippen LogP) is -6.26. The van der Waals surface area contributed by atoms with Crippen molar-refractivity contribution in [2.24, 2.45) is 0 Å². The van der Waals surface area contributed by atoms with Gasteiger partial charge in [0, 0.05) is 5.95 Å². The second kappa shape index (κ2) is 11.5. The van der Waals surface area contributed by atoms with Gasteiger partial charge in [0.1, 0.15) is 0 Å². The normalized spacial score (nSPS) is 8.78. The maximum Gasteiger partial charge on any atom is 1.00 e. The van der Waals surface area contributed by atoms with Crippen molar-refractivity contribution in [2.45, 2.75) is 6.92 Å². The minimum Gasteiger partial charge on any atom is -0.786 e. The topological polar surface area (TPSA) is 32.3 Å². The standard InChI is InChI=1S/C4H8O2S.2Li/c1-2-6-4(5)3-7;;/h3,5,7H,2H2,1H3;;/q;2*+1/p-2/b4-3+;;. The second-order valence-corrected chi connectivity index (χ2v) is 1.11. The fraction of sp³-hybridized carbons (Fsp3) is 0.500. The molecule has 0 aliphatic rings. The van der Waals surface area contributed by atoms with Crippen molar-refractivity contribution in [2.75, 3.05) is 6.61 Å². The van der Waals surface area contributed by atoms with Crippen molar-refractivity contribution in [3.05, 3.63) is 11.4 Å². The molecule has 0 radical (unpaired) electrons. The van der Waals surface area contributed by atoms with Crippen molar-refractivity contribution >= 4 is 12.6 Å². The van der Waals surface area contributed by atoms with Crippen LogP contribution in [0.2, 0.25) is 0 Å². The number of hydrogen-bond donors (Lipinski definition) is 0. The van der Waals surface area contributed by atoms with Crippen LogP contribution in [0.25, 0.3) is 0 Å². The zero-order valence-corrected chi connectivity index (χ0v) is 6.83. The van der Waals surface area contributed by atoms with Gasteiger partial charge in [-0.2, -0.15) is 5.41 Å². The van der Waals surface area contributed by atoms with Crippen molar-refractivity contribution in [1.82, 2.24) is 0 Å². The van der Waals surface area contributed by atoms with E-state index in [-0.39, 0.29) is 37.7 Å². The van der Waals surface area contributed by atoms with Crippen LogP contribution in [0.4, 0.5) is 0 Å². The van der Waals surface area contributed by atoms with E-state index in [4.69, 9.17) is 0 Å². The summed E-state index contributed by atoms with van der Waals surface area (Å²) in [6, 6.07) is 0. The third kappa shape index (κ3) is 12.1. The molecule has 0 aliphatic heterocycles. The van der Waals surface area contributed by atoms with Gasteiger partial charge < -0.3 is 22.5 Å². The van der Waals surface area contributed by atoms with Crippen LogP contribution in [-0.2, 0) is 17.4 Å². The van der Waals surface area contributed by atoms with Crippen LogP contribution < -0.4 is 42.8 Å². The third-order valence-corrected chi connectivity index (χ3v) is 0.575. The molecule has 2 nitrogen and oxygen atoms in total. The monoisotopic (exact) mass is 132 g/mol. The minimum atomic E-state index is -0.433. The number of ether oxygens (including phenoxy) is 1. The number of hydrogen-bond acceptors (Lipinski definition) is 3. The summed E-state index contributed by atoms with van der Waals surface area (Å²) in [6.07, 6.45) is 0. The molecule has 0 spiro atoms. The van der Waals surface area contributed by atoms with Crippen LogP contribution in [0.1, 0.15) is 6.92 Å². The summed E-state index contributed by atoms with van der Waals surface area (Å²) < 4.78 is 4.39. The van der Waals surface area contributed by atoms with E-state index in [2.05, 4.69) is 17.4 Å². The first kappa shape index (κ1) is 16.4. The van der Waals surface area contributed by atoms with Gasteiger partial charge in [0.25, 0.3) is 0 Å². The Bertz CT molecular complexity index is 77.0. The van der Waals surface area contributed by atoms with Crippen LogP contribution in [0.15, 0.2) is 11.4 Å². The van der Waals surface area contributed by atoms with Crippen molar-refractivity contribution in [3.63, 3.8) is 0 Å². The summed E-state index contributed by atoms with van der Waals surface area (Å²) in [4.78, 5) is 0. The largest absolute Gasteiger partial charge is 1.00 e. The van der Waals surface area contributed by atoms with Crippen LogP contribution in [-0.4, -0.2) is 6.61 Å². The van der Waals surface area contributed by atoms with Gasteiger partial charge in [0.05, 0.1) is 0 Å². The van der Waals surface area contributed by atoms with Crippen LogP contribution in [0.5, 0.6) is 0 Å². The summed E-state index contributed by atoms with van der Waals surface area (Å²) in [5.41, 5.74) is 0. The van der Waals surface area contributed by atoms with E-state index >= 15 is 0 Å². The Labute approximate surface area is 84.8 Å².